The van der Waals surface area contributed by atoms with E-state index in [4.69, 9.17) is 0 Å². The summed E-state index contributed by atoms with van der Waals surface area (Å²) in [6.45, 7) is 0. The minimum absolute atomic E-state index is 1.05. The van der Waals surface area contributed by atoms with E-state index in [0.29, 0.717) is 0 Å². The largest absolute Gasteiger partial charge is 0.314 e. The molecule has 12 heavy (non-hydrogen) atoms. The Kier molecular flexibility index (Phi) is 2.29. The summed E-state index contributed by atoms with van der Waals surface area (Å²) in [5.74, 6) is 0. The molecule has 0 unspecified atom stereocenters. The van der Waals surface area contributed by atoms with Gasteiger partial charge in [-0.1, -0.05) is 0 Å². The van der Waals surface area contributed by atoms with Crippen molar-refractivity contribution in [3.8, 4) is 0 Å². The Morgan fingerprint density at radius 2 is 1.83 bits per heavy atom. The van der Waals surface area contributed by atoms with Crippen molar-refractivity contribution in [1.29, 1.82) is 0 Å². The van der Waals surface area contributed by atoms with Crippen LogP contribution in [0.25, 0.3) is 0 Å². The van der Waals surface area contributed by atoms with E-state index < -0.39 is 10.2 Å². The second-order valence-electron chi connectivity index (χ2n) is 2.25. The van der Waals surface area contributed by atoms with Crippen molar-refractivity contribution < 1.29 is 8.42 Å². The third kappa shape index (κ3) is 1.92. The fourth-order valence-corrected chi connectivity index (χ4v) is 0.987. The highest BCUT2D eigenvalue weighted by atomic mass is 32.2. The fraction of sp³-hybridized carbons (Fsp3) is 0.500. The van der Waals surface area contributed by atoms with Crippen LogP contribution < -0.4 is 4.83 Å². The van der Waals surface area contributed by atoms with Gasteiger partial charge in [0.2, 0.25) is 0 Å². The number of hydrogen-bond acceptors (Lipinski definition) is 4. The molecule has 0 atom stereocenters. The van der Waals surface area contributed by atoms with Crippen LogP contribution in [0, 0.1) is 0 Å². The van der Waals surface area contributed by atoms with Crippen LogP contribution in [0.1, 0.15) is 0 Å². The molecule has 0 fully saturated rings. The monoisotopic (exact) mass is 191 g/mol. The number of nitrogens with one attached hydrogen (secondary N) is 1. The predicted octanol–water partition coefficient (Wildman–Crippen LogP) is -1.37. The molecule has 0 bridgehead atoms. The third-order valence-corrected chi connectivity index (χ3v) is 2.52. The van der Waals surface area contributed by atoms with Crippen LogP contribution in [-0.4, -0.2) is 41.7 Å². The average Bonchev–Trinajstić information content (AvgIpc) is 2.38. The molecule has 0 saturated carbocycles. The summed E-state index contributed by atoms with van der Waals surface area (Å²) in [5, 5.41) is 6.87. The van der Waals surface area contributed by atoms with E-state index in [1.807, 2.05) is 0 Å². The van der Waals surface area contributed by atoms with E-state index in [0.717, 1.165) is 8.98 Å². The fourth-order valence-electron chi connectivity index (χ4n) is 0.463. The predicted molar refractivity (Wildman–Crippen MR) is 42.0 cm³/mol. The van der Waals surface area contributed by atoms with Gasteiger partial charge in [0.15, 0.2) is 0 Å². The first-order chi connectivity index (χ1) is 5.52. The molecule has 8 heteroatoms. The van der Waals surface area contributed by atoms with Gasteiger partial charge in [0.25, 0.3) is 0 Å². The first kappa shape index (κ1) is 8.94. The zero-order valence-corrected chi connectivity index (χ0v) is 7.48. The molecule has 7 nitrogen and oxygen atoms in total. The van der Waals surface area contributed by atoms with E-state index >= 15 is 0 Å². The van der Waals surface area contributed by atoms with E-state index in [1.54, 1.807) is 0 Å². The van der Waals surface area contributed by atoms with E-state index in [9.17, 15) is 8.42 Å². The van der Waals surface area contributed by atoms with E-state index in [2.05, 4.69) is 15.0 Å². The van der Waals surface area contributed by atoms with Crippen LogP contribution in [0.5, 0.6) is 0 Å². The Bertz CT molecular complexity index is 328. The minimum Gasteiger partial charge on any atom is -0.220 e. The van der Waals surface area contributed by atoms with E-state index in [-0.39, 0.29) is 0 Å². The molecule has 1 aromatic heterocycles. The molecule has 0 saturated heterocycles. The number of hydrogen-bond donors (Lipinski definition) is 1. The van der Waals surface area contributed by atoms with Crippen LogP contribution in [0.4, 0.5) is 0 Å². The minimum atomic E-state index is -3.45. The van der Waals surface area contributed by atoms with Crippen molar-refractivity contribution in [2.45, 2.75) is 0 Å². The van der Waals surface area contributed by atoms with Crippen LogP contribution in [0.3, 0.4) is 0 Å². The highest BCUT2D eigenvalue weighted by Gasteiger charge is 2.11. The number of nitrogens with zero attached hydrogens (tertiary/aromatic N) is 4. The maximum atomic E-state index is 11.1. The smallest absolute Gasteiger partial charge is 0.220 e. The van der Waals surface area contributed by atoms with Gasteiger partial charge in [0, 0.05) is 14.1 Å². The first-order valence-electron chi connectivity index (χ1n) is 3.07. The van der Waals surface area contributed by atoms with Crippen molar-refractivity contribution in [1.82, 2.24) is 19.2 Å². The molecule has 0 aliphatic rings. The van der Waals surface area contributed by atoms with Gasteiger partial charge < -0.3 is 0 Å². The summed E-state index contributed by atoms with van der Waals surface area (Å²) in [6.07, 6.45) is 2.50. The molecule has 1 aromatic rings. The molecule has 1 N–H and O–H groups in total. The van der Waals surface area contributed by atoms with Crippen LogP contribution in [-0.2, 0) is 10.2 Å². The second kappa shape index (κ2) is 3.07. The van der Waals surface area contributed by atoms with Gasteiger partial charge in [-0.3, -0.25) is 0 Å². The zero-order valence-electron chi connectivity index (χ0n) is 6.67. The number of aromatic nitrogens is 3. The van der Waals surface area contributed by atoms with Gasteiger partial charge in [0.05, 0.1) is 0 Å². The molecular weight excluding hydrogens is 182 g/mol. The lowest BCUT2D eigenvalue weighted by Crippen LogP contribution is -2.33. The van der Waals surface area contributed by atoms with Gasteiger partial charge in [-0.05, 0) is 0 Å². The second-order valence-corrected chi connectivity index (χ2v) is 4.11. The third-order valence-electron chi connectivity index (χ3n) is 1.12. The lowest BCUT2D eigenvalue weighted by molar-refractivity contribution is 0.520. The molecule has 0 amide bonds. The topological polar surface area (TPSA) is 80.1 Å². The lowest BCUT2D eigenvalue weighted by Gasteiger charge is -2.12. The summed E-state index contributed by atoms with van der Waals surface area (Å²) in [4.78, 5) is 2.19. The Morgan fingerprint density at radius 1 is 1.33 bits per heavy atom. The molecule has 1 rings (SSSR count). The Morgan fingerprint density at radius 3 is 2.25 bits per heavy atom. The van der Waals surface area contributed by atoms with Crippen LogP contribution >= 0.6 is 0 Å². The van der Waals surface area contributed by atoms with Crippen LogP contribution in [0.15, 0.2) is 12.7 Å². The Hall–Kier alpha value is -1.15. The summed E-state index contributed by atoms with van der Waals surface area (Å²) >= 11 is 0. The molecule has 68 valence electrons. The molecular formula is C4H9N5O2S. The molecule has 0 aliphatic carbocycles. The summed E-state index contributed by atoms with van der Waals surface area (Å²) in [7, 11) is -0.608. The van der Waals surface area contributed by atoms with Crippen molar-refractivity contribution >= 4 is 10.2 Å². The molecule has 0 radical (unpaired) electrons. The SMILES string of the molecule is CN(C)S(=O)(=O)Nn1cnnc1. The van der Waals surface area contributed by atoms with Crippen molar-refractivity contribution in [3.05, 3.63) is 12.7 Å². The summed E-state index contributed by atoms with van der Waals surface area (Å²) in [5.41, 5.74) is 0. The molecule has 1 heterocycles. The van der Waals surface area contributed by atoms with Gasteiger partial charge in [-0.25, -0.2) is 9.51 Å². The first-order valence-corrected chi connectivity index (χ1v) is 4.51. The van der Waals surface area contributed by atoms with Crippen molar-refractivity contribution in [2.24, 2.45) is 0 Å². The normalized spacial score (nSPS) is 11.9. The Labute approximate surface area is 70.2 Å². The quantitative estimate of drug-likeness (QED) is 0.639. The van der Waals surface area contributed by atoms with Crippen molar-refractivity contribution in [3.63, 3.8) is 0 Å². The van der Waals surface area contributed by atoms with Gasteiger partial charge >= 0.3 is 10.2 Å². The average molecular weight is 191 g/mol. The van der Waals surface area contributed by atoms with Crippen molar-refractivity contribution in [2.75, 3.05) is 18.9 Å². The maximum Gasteiger partial charge on any atom is 0.314 e. The Balaban J connectivity index is 2.77. The molecule has 0 spiro atoms. The van der Waals surface area contributed by atoms with Gasteiger partial charge in [0.1, 0.15) is 12.7 Å². The lowest BCUT2D eigenvalue weighted by atomic mass is 11.3. The highest BCUT2D eigenvalue weighted by molar-refractivity contribution is 7.89. The van der Waals surface area contributed by atoms with E-state index in [1.165, 1.54) is 26.7 Å². The highest BCUT2D eigenvalue weighted by Crippen LogP contribution is 1.90. The maximum absolute atomic E-state index is 11.1. The van der Waals surface area contributed by atoms with Gasteiger partial charge in [-0.15, -0.1) is 10.2 Å². The summed E-state index contributed by atoms with van der Waals surface area (Å²) in [6, 6.07) is 0. The van der Waals surface area contributed by atoms with Crippen LogP contribution in [0.2, 0.25) is 0 Å². The standard InChI is InChI=1S/C4H9N5O2S/c1-8(2)12(10,11)7-9-3-5-6-4-9/h3-4,7H,1-2H3. The molecule has 0 aromatic carbocycles. The van der Waals surface area contributed by atoms with Gasteiger partial charge in [-0.2, -0.15) is 12.7 Å². The summed E-state index contributed by atoms with van der Waals surface area (Å²) < 4.78 is 24.5. The molecule has 0 aliphatic heterocycles. The zero-order chi connectivity index (χ0) is 9.19. The number of rotatable bonds is 3.